The summed E-state index contributed by atoms with van der Waals surface area (Å²) in [5.41, 5.74) is 2.37. The number of ether oxygens (including phenoxy) is 2. The first-order valence-electron chi connectivity index (χ1n) is 6.63. The quantitative estimate of drug-likeness (QED) is 0.762. The van der Waals surface area contributed by atoms with Gasteiger partial charge in [0.05, 0.1) is 18.9 Å². The second-order valence-electron chi connectivity index (χ2n) is 4.52. The fourth-order valence-electron chi connectivity index (χ4n) is 2.25. The Morgan fingerprint density at radius 2 is 1.95 bits per heavy atom. The first-order chi connectivity index (χ1) is 9.36. The molecule has 1 aromatic heterocycles. The molecule has 0 amide bonds. The second-order valence-corrected chi connectivity index (χ2v) is 4.52. The molecule has 0 radical (unpaired) electrons. The fraction of sp³-hybridized carbons (Fsp3) is 0.692. The van der Waals surface area contributed by atoms with E-state index < -0.39 is 0 Å². The van der Waals surface area contributed by atoms with Gasteiger partial charge in [0.1, 0.15) is 12.1 Å². The highest BCUT2D eigenvalue weighted by atomic mass is 16.5. The van der Waals surface area contributed by atoms with Crippen molar-refractivity contribution in [1.82, 2.24) is 15.3 Å². The lowest BCUT2D eigenvalue weighted by molar-refractivity contribution is 0.190. The van der Waals surface area contributed by atoms with Crippen LogP contribution in [0.3, 0.4) is 0 Å². The van der Waals surface area contributed by atoms with Crippen LogP contribution in [0.25, 0.3) is 0 Å². The van der Waals surface area contributed by atoms with Crippen LogP contribution in [0.5, 0.6) is 0 Å². The minimum Gasteiger partial charge on any atom is -0.383 e. The smallest absolute Gasteiger partial charge is 0.136 e. The maximum Gasteiger partial charge on any atom is 0.136 e. The SMILES string of the molecule is COCCN(CCOC)c1ncnc2c1CNCC2. The van der Waals surface area contributed by atoms with Crippen LogP contribution < -0.4 is 10.2 Å². The molecule has 0 aliphatic carbocycles. The van der Waals surface area contributed by atoms with Gasteiger partial charge in [0, 0.05) is 52.4 Å². The molecular weight excluding hydrogens is 244 g/mol. The van der Waals surface area contributed by atoms with Crippen LogP contribution in [0.15, 0.2) is 6.33 Å². The molecule has 2 rings (SSSR count). The number of fused-ring (bicyclic) bond motifs is 1. The highest BCUT2D eigenvalue weighted by Crippen LogP contribution is 2.22. The number of hydrogen-bond donors (Lipinski definition) is 1. The van der Waals surface area contributed by atoms with E-state index in [4.69, 9.17) is 9.47 Å². The van der Waals surface area contributed by atoms with Crippen LogP contribution in [0.4, 0.5) is 5.82 Å². The monoisotopic (exact) mass is 266 g/mol. The Labute approximate surface area is 114 Å². The minimum atomic E-state index is 0.677. The molecule has 1 aliphatic rings. The van der Waals surface area contributed by atoms with Gasteiger partial charge in [-0.25, -0.2) is 9.97 Å². The van der Waals surface area contributed by atoms with E-state index in [0.717, 1.165) is 44.1 Å². The van der Waals surface area contributed by atoms with Crippen LogP contribution in [-0.4, -0.2) is 57.0 Å². The van der Waals surface area contributed by atoms with Crippen molar-refractivity contribution in [3.63, 3.8) is 0 Å². The van der Waals surface area contributed by atoms with Gasteiger partial charge < -0.3 is 19.7 Å². The summed E-state index contributed by atoms with van der Waals surface area (Å²) in [4.78, 5) is 11.1. The topological polar surface area (TPSA) is 59.5 Å². The van der Waals surface area contributed by atoms with Crippen molar-refractivity contribution >= 4 is 5.82 Å². The van der Waals surface area contributed by atoms with Gasteiger partial charge in [0.25, 0.3) is 0 Å². The molecular formula is C13H22N4O2. The highest BCUT2D eigenvalue weighted by Gasteiger charge is 2.19. The van der Waals surface area contributed by atoms with E-state index in [0.29, 0.717) is 13.2 Å². The maximum absolute atomic E-state index is 5.18. The van der Waals surface area contributed by atoms with Crippen molar-refractivity contribution in [3.05, 3.63) is 17.6 Å². The number of anilines is 1. The van der Waals surface area contributed by atoms with Crippen LogP contribution in [-0.2, 0) is 22.4 Å². The highest BCUT2D eigenvalue weighted by molar-refractivity contribution is 5.49. The van der Waals surface area contributed by atoms with E-state index >= 15 is 0 Å². The van der Waals surface area contributed by atoms with Gasteiger partial charge in [-0.2, -0.15) is 0 Å². The maximum atomic E-state index is 5.18. The Bertz CT molecular complexity index is 392. The van der Waals surface area contributed by atoms with E-state index in [1.165, 1.54) is 5.56 Å². The number of rotatable bonds is 7. The van der Waals surface area contributed by atoms with Crippen LogP contribution in [0, 0.1) is 0 Å². The standard InChI is InChI=1S/C13H22N4O2/c1-18-7-5-17(6-8-19-2)13-11-9-14-4-3-12(11)15-10-16-13/h10,14H,3-9H2,1-2H3. The lowest BCUT2D eigenvalue weighted by Crippen LogP contribution is -2.35. The molecule has 0 spiro atoms. The fourth-order valence-corrected chi connectivity index (χ4v) is 2.25. The average molecular weight is 266 g/mol. The molecule has 0 aromatic carbocycles. The van der Waals surface area contributed by atoms with E-state index in [1.54, 1.807) is 20.5 Å². The average Bonchev–Trinajstić information content (AvgIpc) is 2.47. The van der Waals surface area contributed by atoms with Crippen LogP contribution in [0.1, 0.15) is 11.3 Å². The Hall–Kier alpha value is -1.24. The normalized spacial score (nSPS) is 14.2. The number of methoxy groups -OCH3 is 2. The number of nitrogens with one attached hydrogen (secondary N) is 1. The summed E-state index contributed by atoms with van der Waals surface area (Å²) in [6, 6.07) is 0. The van der Waals surface area contributed by atoms with E-state index in [2.05, 4.69) is 20.2 Å². The third-order valence-corrected chi connectivity index (χ3v) is 3.28. The van der Waals surface area contributed by atoms with E-state index in [9.17, 15) is 0 Å². The zero-order valence-electron chi connectivity index (χ0n) is 11.7. The first-order valence-corrected chi connectivity index (χ1v) is 6.63. The van der Waals surface area contributed by atoms with E-state index in [-0.39, 0.29) is 0 Å². The third kappa shape index (κ3) is 3.62. The van der Waals surface area contributed by atoms with Gasteiger partial charge in [-0.05, 0) is 0 Å². The molecule has 0 saturated carbocycles. The van der Waals surface area contributed by atoms with Crippen molar-refractivity contribution < 1.29 is 9.47 Å². The molecule has 0 saturated heterocycles. The van der Waals surface area contributed by atoms with Gasteiger partial charge in [0.2, 0.25) is 0 Å². The molecule has 1 N–H and O–H groups in total. The van der Waals surface area contributed by atoms with Gasteiger partial charge in [-0.3, -0.25) is 0 Å². The van der Waals surface area contributed by atoms with Crippen molar-refractivity contribution in [3.8, 4) is 0 Å². The van der Waals surface area contributed by atoms with Crippen molar-refractivity contribution in [2.24, 2.45) is 0 Å². The molecule has 6 heteroatoms. The lowest BCUT2D eigenvalue weighted by Gasteiger charge is -2.27. The second kappa shape index (κ2) is 7.37. The Morgan fingerprint density at radius 3 is 2.63 bits per heavy atom. The van der Waals surface area contributed by atoms with Crippen molar-refractivity contribution in [2.75, 3.05) is 52.0 Å². The summed E-state index contributed by atoms with van der Waals surface area (Å²) >= 11 is 0. The molecule has 0 fully saturated rings. The molecule has 0 bridgehead atoms. The molecule has 0 unspecified atom stereocenters. The van der Waals surface area contributed by atoms with Gasteiger partial charge in [-0.15, -0.1) is 0 Å². The van der Waals surface area contributed by atoms with Crippen LogP contribution in [0.2, 0.25) is 0 Å². The molecule has 2 heterocycles. The molecule has 6 nitrogen and oxygen atoms in total. The summed E-state index contributed by atoms with van der Waals surface area (Å²) in [6.07, 6.45) is 2.62. The Morgan fingerprint density at radius 1 is 1.21 bits per heavy atom. The molecule has 106 valence electrons. The van der Waals surface area contributed by atoms with Crippen LogP contribution >= 0.6 is 0 Å². The largest absolute Gasteiger partial charge is 0.383 e. The van der Waals surface area contributed by atoms with Gasteiger partial charge in [0.15, 0.2) is 0 Å². The predicted octanol–water partition coefficient (Wildman–Crippen LogP) is 0.222. The van der Waals surface area contributed by atoms with Gasteiger partial charge in [-0.1, -0.05) is 0 Å². The van der Waals surface area contributed by atoms with Crippen molar-refractivity contribution in [1.29, 1.82) is 0 Å². The predicted molar refractivity (Wildman–Crippen MR) is 73.4 cm³/mol. The summed E-state index contributed by atoms with van der Waals surface area (Å²) in [5, 5.41) is 3.38. The van der Waals surface area contributed by atoms with Gasteiger partial charge >= 0.3 is 0 Å². The summed E-state index contributed by atoms with van der Waals surface area (Å²) in [7, 11) is 3.43. The molecule has 19 heavy (non-hydrogen) atoms. The number of aromatic nitrogens is 2. The zero-order chi connectivity index (χ0) is 13.5. The molecule has 1 aliphatic heterocycles. The third-order valence-electron chi connectivity index (χ3n) is 3.28. The number of hydrogen-bond acceptors (Lipinski definition) is 6. The summed E-state index contributed by atoms with van der Waals surface area (Å²) < 4.78 is 10.4. The summed E-state index contributed by atoms with van der Waals surface area (Å²) in [5.74, 6) is 1.01. The first kappa shape index (κ1) is 14.2. The molecule has 1 aromatic rings. The number of nitrogens with zero attached hydrogens (tertiary/aromatic N) is 3. The lowest BCUT2D eigenvalue weighted by atomic mass is 10.1. The molecule has 0 atom stereocenters. The zero-order valence-corrected chi connectivity index (χ0v) is 11.7. The van der Waals surface area contributed by atoms with E-state index in [1.807, 2.05) is 0 Å². The minimum absolute atomic E-state index is 0.677. The Balaban J connectivity index is 2.19. The Kier molecular flexibility index (Phi) is 5.50. The van der Waals surface area contributed by atoms with Crippen molar-refractivity contribution in [2.45, 2.75) is 13.0 Å². The summed E-state index contributed by atoms with van der Waals surface area (Å²) in [6.45, 7) is 4.79.